The van der Waals surface area contributed by atoms with E-state index in [4.69, 9.17) is 9.26 Å². The van der Waals surface area contributed by atoms with Crippen LogP contribution in [-0.4, -0.2) is 26.5 Å². The average molecular weight is 292 g/mol. The van der Waals surface area contributed by atoms with Gasteiger partial charge in [-0.3, -0.25) is 4.57 Å². The van der Waals surface area contributed by atoms with Gasteiger partial charge in [-0.25, -0.2) is 0 Å². The average Bonchev–Trinajstić information content (AvgIpc) is 2.39. The molecule has 0 aliphatic rings. The Hall–Kier alpha value is 0.150. The Kier molecular flexibility index (Phi) is 16.3. The summed E-state index contributed by atoms with van der Waals surface area (Å²) in [5.74, 6) is 0. The van der Waals surface area contributed by atoms with Crippen molar-refractivity contribution in [1.82, 2.24) is 0 Å². The zero-order valence-electron chi connectivity index (χ0n) is 12.9. The molecular weight excluding hydrogens is 259 g/mol. The van der Waals surface area contributed by atoms with Crippen molar-refractivity contribution in [3.05, 3.63) is 0 Å². The maximum absolute atomic E-state index is 10.7. The molecule has 3 nitrogen and oxygen atoms in total. The molecule has 0 aliphatic carbocycles. The molecule has 0 bridgehead atoms. The van der Waals surface area contributed by atoms with Gasteiger partial charge in [0.15, 0.2) is 8.03 Å². The maximum atomic E-state index is 10.7. The van der Waals surface area contributed by atoms with Gasteiger partial charge in [0.25, 0.3) is 0 Å². The summed E-state index contributed by atoms with van der Waals surface area (Å²) < 4.78 is 21.0. The molecule has 0 rings (SSSR count). The van der Waals surface area contributed by atoms with Crippen molar-refractivity contribution in [3.63, 3.8) is 0 Å². The lowest BCUT2D eigenvalue weighted by atomic mass is 10.1. The third-order valence-corrected chi connectivity index (χ3v) is 3.79. The molecule has 0 fully saturated rings. The monoisotopic (exact) mass is 292 g/mol. The third-order valence-electron chi connectivity index (χ3n) is 3.18. The van der Waals surface area contributed by atoms with Crippen LogP contribution in [0.5, 0.6) is 0 Å². The van der Waals surface area contributed by atoms with Crippen LogP contribution in [-0.2, 0) is 13.8 Å². The first-order valence-corrected chi connectivity index (χ1v) is 9.80. The molecule has 0 spiro atoms. The highest BCUT2D eigenvalue weighted by atomic mass is 31.1. The van der Waals surface area contributed by atoms with Gasteiger partial charge in [0.05, 0.1) is 13.2 Å². The molecule has 1 unspecified atom stereocenters. The van der Waals surface area contributed by atoms with Gasteiger partial charge in [0.2, 0.25) is 0 Å². The van der Waals surface area contributed by atoms with Crippen molar-refractivity contribution in [2.75, 3.05) is 26.5 Å². The van der Waals surface area contributed by atoms with Gasteiger partial charge in [-0.05, 0) is 6.42 Å². The summed E-state index contributed by atoms with van der Waals surface area (Å²) in [6.07, 6.45) is 13.5. The Balaban J connectivity index is 2.93. The number of hydrogen-bond donors (Lipinski definition) is 0. The molecule has 0 saturated carbocycles. The fourth-order valence-corrected chi connectivity index (χ4v) is 2.41. The van der Waals surface area contributed by atoms with E-state index in [0.29, 0.717) is 13.2 Å². The van der Waals surface area contributed by atoms with Crippen molar-refractivity contribution < 1.29 is 13.8 Å². The highest BCUT2D eigenvalue weighted by Crippen LogP contribution is 2.14. The molecular formula is C15H33O3P. The summed E-state index contributed by atoms with van der Waals surface area (Å²) >= 11 is 0. The van der Waals surface area contributed by atoms with Crippen LogP contribution in [0.4, 0.5) is 0 Å². The fraction of sp³-hybridized carbons (Fsp3) is 1.00. The van der Waals surface area contributed by atoms with Crippen LogP contribution in [0, 0.1) is 0 Å². The van der Waals surface area contributed by atoms with Crippen LogP contribution in [0.2, 0.25) is 0 Å². The maximum Gasteiger partial charge on any atom is 0.188 e. The van der Waals surface area contributed by atoms with E-state index in [1.807, 2.05) is 0 Å². The largest absolute Gasteiger partial charge is 0.379 e. The molecule has 0 amide bonds. The number of unbranched alkanes of at least 4 members (excludes halogenated alkanes) is 9. The first-order valence-electron chi connectivity index (χ1n) is 7.98. The van der Waals surface area contributed by atoms with Crippen molar-refractivity contribution in [2.45, 2.75) is 71.1 Å². The van der Waals surface area contributed by atoms with Gasteiger partial charge in [-0.15, -0.1) is 0 Å². The predicted octanol–water partition coefficient (Wildman–Crippen LogP) is 5.05. The Morgan fingerprint density at radius 3 is 1.79 bits per heavy atom. The van der Waals surface area contributed by atoms with Crippen LogP contribution in [0.1, 0.15) is 71.1 Å². The van der Waals surface area contributed by atoms with Crippen molar-refractivity contribution in [2.24, 2.45) is 0 Å². The highest BCUT2D eigenvalue weighted by molar-refractivity contribution is 7.38. The molecule has 0 radical (unpaired) electrons. The van der Waals surface area contributed by atoms with Crippen molar-refractivity contribution in [1.29, 1.82) is 0 Å². The summed E-state index contributed by atoms with van der Waals surface area (Å²) in [7, 11) is -1.78. The molecule has 0 aromatic heterocycles. The second-order valence-electron chi connectivity index (χ2n) is 5.13. The van der Waals surface area contributed by atoms with Gasteiger partial charge >= 0.3 is 0 Å². The van der Waals surface area contributed by atoms with Crippen LogP contribution in [0.15, 0.2) is 0 Å². The Bertz CT molecular complexity index is 198. The molecule has 116 valence electrons. The van der Waals surface area contributed by atoms with Gasteiger partial charge in [0.1, 0.15) is 0 Å². The van der Waals surface area contributed by atoms with Gasteiger partial charge in [0, 0.05) is 13.3 Å². The Morgan fingerprint density at radius 2 is 1.26 bits per heavy atom. The molecule has 0 aromatic rings. The molecule has 0 saturated heterocycles. The van der Waals surface area contributed by atoms with Crippen molar-refractivity contribution in [3.8, 4) is 0 Å². The van der Waals surface area contributed by atoms with Crippen molar-refractivity contribution >= 4 is 8.03 Å². The number of hydrogen-bond acceptors (Lipinski definition) is 3. The summed E-state index contributed by atoms with van der Waals surface area (Å²) in [5, 5.41) is 0. The quantitative estimate of drug-likeness (QED) is 0.313. The van der Waals surface area contributed by atoms with E-state index in [1.165, 1.54) is 57.8 Å². The summed E-state index contributed by atoms with van der Waals surface area (Å²) in [4.78, 5) is 0. The van der Waals surface area contributed by atoms with E-state index in [1.54, 1.807) is 6.66 Å². The first kappa shape index (κ1) is 19.1. The lowest BCUT2D eigenvalue weighted by Crippen LogP contribution is -2.02. The van der Waals surface area contributed by atoms with E-state index in [-0.39, 0.29) is 0 Å². The van der Waals surface area contributed by atoms with Crippen LogP contribution < -0.4 is 0 Å². The smallest absolute Gasteiger partial charge is 0.188 e. The van der Waals surface area contributed by atoms with Crippen LogP contribution in [0.25, 0.3) is 0 Å². The topological polar surface area (TPSA) is 35.5 Å². The lowest BCUT2D eigenvalue weighted by Gasteiger charge is -2.04. The molecule has 0 aliphatic heterocycles. The zero-order chi connectivity index (χ0) is 14.2. The SMILES string of the molecule is CCCCCCCCCCCCOCCO[PH](C)=O. The molecule has 0 heterocycles. The van der Waals surface area contributed by atoms with E-state index < -0.39 is 8.03 Å². The standard InChI is InChI=1S/C15H33O3P/c1-3-4-5-6-7-8-9-10-11-12-13-17-14-15-18-19(2)16/h19H,3-15H2,1-2H3. The molecule has 0 aromatic carbocycles. The van der Waals surface area contributed by atoms with Crippen LogP contribution >= 0.6 is 8.03 Å². The lowest BCUT2D eigenvalue weighted by molar-refractivity contribution is 0.0999. The number of ether oxygens (including phenoxy) is 1. The molecule has 1 atom stereocenters. The molecule has 4 heteroatoms. The Labute approximate surface area is 120 Å². The van der Waals surface area contributed by atoms with E-state index in [2.05, 4.69) is 6.92 Å². The minimum Gasteiger partial charge on any atom is -0.379 e. The van der Waals surface area contributed by atoms with E-state index >= 15 is 0 Å². The second-order valence-corrected chi connectivity index (χ2v) is 6.41. The first-order chi connectivity index (χ1) is 9.27. The fourth-order valence-electron chi connectivity index (χ4n) is 2.04. The number of rotatable bonds is 15. The summed E-state index contributed by atoms with van der Waals surface area (Å²) in [5.41, 5.74) is 0. The van der Waals surface area contributed by atoms with Crippen LogP contribution in [0.3, 0.4) is 0 Å². The second kappa shape index (κ2) is 16.2. The minimum atomic E-state index is -1.78. The van der Waals surface area contributed by atoms with Gasteiger partial charge in [-0.1, -0.05) is 64.7 Å². The third kappa shape index (κ3) is 18.1. The normalized spacial score (nSPS) is 12.7. The van der Waals surface area contributed by atoms with E-state index in [0.717, 1.165) is 13.0 Å². The molecule has 19 heavy (non-hydrogen) atoms. The Morgan fingerprint density at radius 1 is 0.737 bits per heavy atom. The molecule has 0 N–H and O–H groups in total. The van der Waals surface area contributed by atoms with E-state index in [9.17, 15) is 4.57 Å². The minimum absolute atomic E-state index is 0.464. The summed E-state index contributed by atoms with van der Waals surface area (Å²) in [6.45, 7) is 5.71. The summed E-state index contributed by atoms with van der Waals surface area (Å²) in [6, 6.07) is 0. The zero-order valence-corrected chi connectivity index (χ0v) is 13.9. The van der Waals surface area contributed by atoms with Gasteiger partial charge < -0.3 is 9.26 Å². The van der Waals surface area contributed by atoms with Gasteiger partial charge in [-0.2, -0.15) is 0 Å². The predicted molar refractivity (Wildman–Crippen MR) is 83.5 cm³/mol. The highest BCUT2D eigenvalue weighted by Gasteiger charge is 1.94.